The lowest BCUT2D eigenvalue weighted by Gasteiger charge is -2.26. The summed E-state index contributed by atoms with van der Waals surface area (Å²) in [7, 11) is 0. The molecule has 10 aromatic carbocycles. The minimum absolute atomic E-state index is 0.879. The Hall–Kier alpha value is -7.68. The second-order valence-electron chi connectivity index (χ2n) is 15.0. The minimum atomic E-state index is 0.879. The molecule has 0 aliphatic carbocycles. The average molecular weight is 740 g/mol. The van der Waals surface area contributed by atoms with Gasteiger partial charge in [-0.15, -0.1) is 0 Å². The molecule has 0 amide bonds. The van der Waals surface area contributed by atoms with Crippen LogP contribution in [0, 0.1) is 0 Å². The monoisotopic (exact) mass is 739 g/mol. The molecule has 0 unspecified atom stereocenters. The largest absolute Gasteiger partial charge is 0.456 e. The fourth-order valence-corrected chi connectivity index (χ4v) is 8.47. The maximum absolute atomic E-state index is 6.28. The molecule has 0 N–H and O–H groups in total. The molecule has 2 heteroatoms. The van der Waals surface area contributed by atoms with Crippen molar-refractivity contribution in [2.24, 2.45) is 0 Å². The van der Waals surface area contributed by atoms with Crippen molar-refractivity contribution in [1.82, 2.24) is 0 Å². The fourth-order valence-electron chi connectivity index (χ4n) is 8.47. The van der Waals surface area contributed by atoms with E-state index in [-0.39, 0.29) is 0 Å². The maximum Gasteiger partial charge on any atom is 0.136 e. The van der Waals surface area contributed by atoms with Crippen LogP contribution in [0.2, 0.25) is 0 Å². The zero-order valence-corrected chi connectivity index (χ0v) is 31.7. The summed E-state index contributed by atoms with van der Waals surface area (Å²) >= 11 is 0. The summed E-state index contributed by atoms with van der Waals surface area (Å²) in [6.07, 6.45) is 0. The fraction of sp³-hybridized carbons (Fsp3) is 0. The third-order valence-corrected chi connectivity index (χ3v) is 11.5. The predicted octanol–water partition coefficient (Wildman–Crippen LogP) is 16.0. The highest BCUT2D eigenvalue weighted by Crippen LogP contribution is 2.40. The van der Waals surface area contributed by atoms with Crippen LogP contribution in [-0.4, -0.2) is 0 Å². The molecule has 272 valence electrons. The van der Waals surface area contributed by atoms with Crippen molar-refractivity contribution >= 4 is 60.3 Å². The van der Waals surface area contributed by atoms with E-state index in [0.29, 0.717) is 0 Å². The number of anilines is 3. The Balaban J connectivity index is 0.939. The Morgan fingerprint density at radius 3 is 1.52 bits per heavy atom. The van der Waals surface area contributed by atoms with Crippen molar-refractivity contribution in [3.63, 3.8) is 0 Å². The maximum atomic E-state index is 6.28. The van der Waals surface area contributed by atoms with Crippen molar-refractivity contribution < 1.29 is 4.42 Å². The van der Waals surface area contributed by atoms with Gasteiger partial charge >= 0.3 is 0 Å². The Morgan fingerprint density at radius 2 is 0.776 bits per heavy atom. The first-order valence-corrected chi connectivity index (χ1v) is 19.8. The summed E-state index contributed by atoms with van der Waals surface area (Å²) in [6, 6.07) is 80.7. The molecule has 11 rings (SSSR count). The highest BCUT2D eigenvalue weighted by molar-refractivity contribution is 6.08. The molecule has 0 fully saturated rings. The first-order chi connectivity index (χ1) is 28.7. The normalized spacial score (nSPS) is 11.4. The van der Waals surface area contributed by atoms with Crippen LogP contribution in [0.3, 0.4) is 0 Å². The van der Waals surface area contributed by atoms with Crippen molar-refractivity contribution in [3.8, 4) is 44.7 Å². The van der Waals surface area contributed by atoms with Crippen molar-refractivity contribution in [2.75, 3.05) is 4.90 Å². The quantitative estimate of drug-likeness (QED) is 0.151. The van der Waals surface area contributed by atoms with E-state index in [4.69, 9.17) is 4.42 Å². The van der Waals surface area contributed by atoms with Gasteiger partial charge in [0.05, 0.1) is 0 Å². The number of fused-ring (bicyclic) bond motifs is 5. The molecule has 0 saturated heterocycles. The molecule has 2 nitrogen and oxygen atoms in total. The van der Waals surface area contributed by atoms with E-state index in [0.717, 1.165) is 56.0 Å². The van der Waals surface area contributed by atoms with Gasteiger partial charge in [-0.2, -0.15) is 0 Å². The first-order valence-electron chi connectivity index (χ1n) is 19.8. The first kappa shape index (κ1) is 33.6. The topological polar surface area (TPSA) is 16.4 Å². The third kappa shape index (κ3) is 6.09. The summed E-state index contributed by atoms with van der Waals surface area (Å²) in [5.41, 5.74) is 12.3. The Morgan fingerprint density at radius 1 is 0.276 bits per heavy atom. The number of furan rings is 1. The van der Waals surface area contributed by atoms with E-state index < -0.39 is 0 Å². The summed E-state index contributed by atoms with van der Waals surface area (Å²) < 4.78 is 6.28. The standard InChI is InChI=1S/C56H37NO/c1-2-11-44-35-45(23-19-38(44)9-1)41-27-31-49(32-28-41)57(50-33-34-53-46(36-50)24-22-42-10-3-5-13-51(42)53)48-29-25-40(26-30-48)39-17-20-43(21-18-39)52-14-6-7-15-54(52)56-37-47-12-4-8-16-55(47)58-56/h1-37H. The van der Waals surface area contributed by atoms with Gasteiger partial charge in [0.1, 0.15) is 11.3 Å². The van der Waals surface area contributed by atoms with Crippen LogP contribution in [0.4, 0.5) is 17.1 Å². The molecule has 11 aromatic rings. The molecule has 0 atom stereocenters. The zero-order valence-electron chi connectivity index (χ0n) is 31.7. The molecule has 0 bridgehead atoms. The summed E-state index contributed by atoms with van der Waals surface area (Å²) in [6.45, 7) is 0. The molecule has 1 heterocycles. The molecule has 58 heavy (non-hydrogen) atoms. The van der Waals surface area contributed by atoms with Crippen molar-refractivity contribution in [3.05, 3.63) is 224 Å². The SMILES string of the molecule is c1ccc(-c2cc3ccccc3o2)c(-c2ccc(-c3ccc(N(c4ccc(-c5ccc6ccccc6c5)cc4)c4ccc5c(ccc6ccccc65)c4)cc3)cc2)c1. The van der Waals surface area contributed by atoms with Crippen LogP contribution in [0.5, 0.6) is 0 Å². The van der Waals surface area contributed by atoms with Gasteiger partial charge < -0.3 is 9.32 Å². The summed E-state index contributed by atoms with van der Waals surface area (Å²) in [4.78, 5) is 2.36. The van der Waals surface area contributed by atoms with Crippen LogP contribution < -0.4 is 4.90 Å². The van der Waals surface area contributed by atoms with E-state index in [9.17, 15) is 0 Å². The lowest BCUT2D eigenvalue weighted by Crippen LogP contribution is -2.09. The molecule has 0 aliphatic heterocycles. The highest BCUT2D eigenvalue weighted by atomic mass is 16.3. The Bertz CT molecular complexity index is 3230. The predicted molar refractivity (Wildman–Crippen MR) is 245 cm³/mol. The minimum Gasteiger partial charge on any atom is -0.456 e. The van der Waals surface area contributed by atoms with Gasteiger partial charge in [-0.25, -0.2) is 0 Å². The van der Waals surface area contributed by atoms with E-state index >= 15 is 0 Å². The van der Waals surface area contributed by atoms with E-state index in [1.54, 1.807) is 0 Å². The van der Waals surface area contributed by atoms with E-state index in [2.05, 4.69) is 211 Å². The van der Waals surface area contributed by atoms with Crippen molar-refractivity contribution in [1.29, 1.82) is 0 Å². The molecular weight excluding hydrogens is 703 g/mol. The third-order valence-electron chi connectivity index (χ3n) is 11.5. The second-order valence-corrected chi connectivity index (χ2v) is 15.0. The molecule has 0 aliphatic rings. The van der Waals surface area contributed by atoms with Gasteiger partial charge in [0.2, 0.25) is 0 Å². The number of hydrogen-bond acceptors (Lipinski definition) is 2. The molecule has 1 aromatic heterocycles. The Kier molecular flexibility index (Phi) is 8.19. The van der Waals surface area contributed by atoms with Gasteiger partial charge in [-0.1, -0.05) is 170 Å². The molecule has 0 radical (unpaired) electrons. The van der Waals surface area contributed by atoms with Crippen LogP contribution >= 0.6 is 0 Å². The zero-order chi connectivity index (χ0) is 38.4. The van der Waals surface area contributed by atoms with Gasteiger partial charge in [-0.05, 0) is 120 Å². The van der Waals surface area contributed by atoms with Gasteiger partial charge in [0, 0.05) is 28.0 Å². The second kappa shape index (κ2) is 14.1. The summed E-state index contributed by atoms with van der Waals surface area (Å²) in [5, 5.41) is 8.60. The van der Waals surface area contributed by atoms with Crippen LogP contribution in [-0.2, 0) is 0 Å². The molecular formula is C56H37NO. The average Bonchev–Trinajstić information content (AvgIpc) is 3.74. The van der Waals surface area contributed by atoms with Gasteiger partial charge in [0.25, 0.3) is 0 Å². The van der Waals surface area contributed by atoms with E-state index in [1.165, 1.54) is 49.0 Å². The number of rotatable bonds is 7. The lowest BCUT2D eigenvalue weighted by molar-refractivity contribution is 0.632. The van der Waals surface area contributed by atoms with Gasteiger partial charge in [0.15, 0.2) is 0 Å². The smallest absolute Gasteiger partial charge is 0.136 e. The van der Waals surface area contributed by atoms with Crippen LogP contribution in [0.25, 0.3) is 88.0 Å². The highest BCUT2D eigenvalue weighted by Gasteiger charge is 2.16. The van der Waals surface area contributed by atoms with Crippen molar-refractivity contribution in [2.45, 2.75) is 0 Å². The molecule has 0 saturated carbocycles. The number of hydrogen-bond donors (Lipinski definition) is 0. The number of benzene rings is 10. The van der Waals surface area contributed by atoms with Crippen LogP contribution in [0.1, 0.15) is 0 Å². The number of para-hydroxylation sites is 1. The summed E-state index contributed by atoms with van der Waals surface area (Å²) in [5.74, 6) is 0.879. The molecule has 0 spiro atoms. The Labute approximate surface area is 337 Å². The van der Waals surface area contributed by atoms with Crippen LogP contribution in [0.15, 0.2) is 229 Å². The van der Waals surface area contributed by atoms with E-state index in [1.807, 2.05) is 18.2 Å². The number of nitrogens with zero attached hydrogens (tertiary/aromatic N) is 1. The van der Waals surface area contributed by atoms with Gasteiger partial charge in [-0.3, -0.25) is 0 Å². The lowest BCUT2D eigenvalue weighted by atomic mass is 9.95.